The Hall–Kier alpha value is -0.610. The van der Waals surface area contributed by atoms with E-state index in [0.29, 0.717) is 13.1 Å². The van der Waals surface area contributed by atoms with Gasteiger partial charge in [-0.2, -0.15) is 0 Å². The number of rotatable bonds is 4. The number of aliphatic hydroxyl groups is 1. The highest BCUT2D eigenvalue weighted by atomic mass is 16.3. The molecule has 15 heavy (non-hydrogen) atoms. The lowest BCUT2D eigenvalue weighted by Crippen LogP contribution is -2.44. The fourth-order valence-corrected chi connectivity index (χ4v) is 2.01. The molecule has 1 amide bonds. The summed E-state index contributed by atoms with van der Waals surface area (Å²) in [6, 6.07) is 0. The summed E-state index contributed by atoms with van der Waals surface area (Å²) in [7, 11) is 0. The lowest BCUT2D eigenvalue weighted by molar-refractivity contribution is -0.138. The predicted octanol–water partition coefficient (Wildman–Crippen LogP) is 0.345. The molecular weight excluding hydrogens is 192 g/mol. The molecule has 88 valence electrons. The van der Waals surface area contributed by atoms with Gasteiger partial charge in [0.1, 0.15) is 0 Å². The minimum Gasteiger partial charge on any atom is -0.391 e. The topological polar surface area (TPSA) is 66.6 Å². The van der Waals surface area contributed by atoms with Crippen LogP contribution in [0.25, 0.3) is 0 Å². The highest BCUT2D eigenvalue weighted by Gasteiger charge is 2.25. The van der Waals surface area contributed by atoms with Gasteiger partial charge >= 0.3 is 0 Å². The largest absolute Gasteiger partial charge is 0.391 e. The van der Waals surface area contributed by atoms with E-state index in [1.807, 2.05) is 6.92 Å². The molecule has 2 unspecified atom stereocenters. The van der Waals surface area contributed by atoms with Gasteiger partial charge in [0.05, 0.1) is 6.10 Å². The number of likely N-dealkylation sites (tertiary alicyclic amines) is 1. The Kier molecular flexibility index (Phi) is 5.05. The highest BCUT2D eigenvalue weighted by molar-refractivity contribution is 5.78. The van der Waals surface area contributed by atoms with Crippen LogP contribution in [0.3, 0.4) is 0 Å². The molecular formula is C11H22N2O2. The van der Waals surface area contributed by atoms with E-state index in [9.17, 15) is 9.90 Å². The van der Waals surface area contributed by atoms with Gasteiger partial charge in [0.2, 0.25) is 5.91 Å². The first kappa shape index (κ1) is 12.5. The zero-order valence-electron chi connectivity index (χ0n) is 9.48. The summed E-state index contributed by atoms with van der Waals surface area (Å²) in [6.45, 7) is 3.88. The number of hydrogen-bond donors (Lipinski definition) is 2. The summed E-state index contributed by atoms with van der Waals surface area (Å²) in [6.07, 6.45) is 3.15. The van der Waals surface area contributed by atoms with Crippen LogP contribution in [0.5, 0.6) is 0 Å². The van der Waals surface area contributed by atoms with Crippen molar-refractivity contribution in [2.24, 2.45) is 11.7 Å². The molecule has 4 nitrogen and oxygen atoms in total. The van der Waals surface area contributed by atoms with E-state index in [2.05, 4.69) is 0 Å². The van der Waals surface area contributed by atoms with E-state index >= 15 is 0 Å². The van der Waals surface area contributed by atoms with Crippen LogP contribution in [0, 0.1) is 5.92 Å². The minimum atomic E-state index is -0.329. The van der Waals surface area contributed by atoms with Crippen molar-refractivity contribution in [3.8, 4) is 0 Å². The van der Waals surface area contributed by atoms with Gasteiger partial charge in [0.25, 0.3) is 0 Å². The maximum Gasteiger partial charge on any atom is 0.225 e. The molecule has 0 aromatic rings. The third-order valence-electron chi connectivity index (χ3n) is 2.97. The van der Waals surface area contributed by atoms with E-state index in [-0.39, 0.29) is 17.9 Å². The minimum absolute atomic E-state index is 0.0406. The Balaban J connectivity index is 2.37. The molecule has 0 bridgehead atoms. The number of amides is 1. The molecule has 0 aromatic heterocycles. The summed E-state index contributed by atoms with van der Waals surface area (Å²) in [5.74, 6) is 0.209. The van der Waals surface area contributed by atoms with Crippen LogP contribution >= 0.6 is 0 Å². The molecule has 1 heterocycles. The van der Waals surface area contributed by atoms with Crippen molar-refractivity contribution in [2.75, 3.05) is 19.6 Å². The van der Waals surface area contributed by atoms with Crippen molar-refractivity contribution in [1.82, 2.24) is 4.90 Å². The summed E-state index contributed by atoms with van der Waals surface area (Å²) >= 11 is 0. The van der Waals surface area contributed by atoms with Crippen molar-refractivity contribution in [3.63, 3.8) is 0 Å². The summed E-state index contributed by atoms with van der Waals surface area (Å²) in [5, 5.41) is 9.47. The normalized spacial score (nSPS) is 23.9. The second kappa shape index (κ2) is 6.08. The maximum atomic E-state index is 11.9. The quantitative estimate of drug-likeness (QED) is 0.709. The first-order valence-corrected chi connectivity index (χ1v) is 5.82. The molecule has 0 saturated carbocycles. The molecule has 3 N–H and O–H groups in total. The molecule has 2 atom stereocenters. The Labute approximate surface area is 91.4 Å². The van der Waals surface area contributed by atoms with Crippen LogP contribution in [0.4, 0.5) is 0 Å². The third kappa shape index (κ3) is 3.80. The van der Waals surface area contributed by atoms with Crippen LogP contribution in [0.2, 0.25) is 0 Å². The fourth-order valence-electron chi connectivity index (χ4n) is 2.01. The Bertz CT molecular complexity index is 209. The SMILES string of the molecule is CC(CCCN)C(=O)N1CCCC(O)C1. The molecule has 1 aliphatic heterocycles. The number of aliphatic hydroxyl groups excluding tert-OH is 1. The summed E-state index contributed by atoms with van der Waals surface area (Å²) in [4.78, 5) is 13.7. The van der Waals surface area contributed by atoms with Crippen LogP contribution in [-0.4, -0.2) is 41.7 Å². The van der Waals surface area contributed by atoms with E-state index in [1.54, 1.807) is 4.90 Å². The number of piperidine rings is 1. The van der Waals surface area contributed by atoms with Gasteiger partial charge in [-0.3, -0.25) is 4.79 Å². The van der Waals surface area contributed by atoms with Gasteiger partial charge in [0.15, 0.2) is 0 Å². The monoisotopic (exact) mass is 214 g/mol. The Morgan fingerprint density at radius 2 is 2.40 bits per heavy atom. The molecule has 0 aromatic carbocycles. The van der Waals surface area contributed by atoms with Gasteiger partial charge in [-0.1, -0.05) is 6.92 Å². The van der Waals surface area contributed by atoms with Crippen molar-refractivity contribution < 1.29 is 9.90 Å². The number of carbonyl (C=O) groups is 1. The van der Waals surface area contributed by atoms with E-state index in [0.717, 1.165) is 32.2 Å². The van der Waals surface area contributed by atoms with Gasteiger partial charge < -0.3 is 15.7 Å². The zero-order chi connectivity index (χ0) is 11.3. The molecule has 1 aliphatic rings. The standard InChI is InChI=1S/C11H22N2O2/c1-9(4-2-6-12)11(15)13-7-3-5-10(14)8-13/h9-10,14H,2-8,12H2,1H3. The van der Waals surface area contributed by atoms with E-state index in [4.69, 9.17) is 5.73 Å². The van der Waals surface area contributed by atoms with Gasteiger partial charge in [0, 0.05) is 19.0 Å². The van der Waals surface area contributed by atoms with Crippen molar-refractivity contribution in [3.05, 3.63) is 0 Å². The Morgan fingerprint density at radius 3 is 3.00 bits per heavy atom. The Morgan fingerprint density at radius 1 is 1.67 bits per heavy atom. The van der Waals surface area contributed by atoms with Crippen molar-refractivity contribution in [2.45, 2.75) is 38.7 Å². The van der Waals surface area contributed by atoms with Gasteiger partial charge in [-0.05, 0) is 32.2 Å². The molecule has 1 saturated heterocycles. The van der Waals surface area contributed by atoms with Crippen LogP contribution in [-0.2, 0) is 4.79 Å². The maximum absolute atomic E-state index is 11.9. The number of carbonyl (C=O) groups excluding carboxylic acids is 1. The summed E-state index contributed by atoms with van der Waals surface area (Å²) < 4.78 is 0. The second-order valence-electron chi connectivity index (χ2n) is 4.41. The number of nitrogens with zero attached hydrogens (tertiary/aromatic N) is 1. The third-order valence-corrected chi connectivity index (χ3v) is 2.97. The van der Waals surface area contributed by atoms with Crippen LogP contribution < -0.4 is 5.73 Å². The van der Waals surface area contributed by atoms with Crippen LogP contribution in [0.1, 0.15) is 32.6 Å². The number of nitrogens with two attached hydrogens (primary N) is 1. The van der Waals surface area contributed by atoms with Crippen molar-refractivity contribution >= 4 is 5.91 Å². The lowest BCUT2D eigenvalue weighted by Gasteiger charge is -2.32. The fraction of sp³-hybridized carbons (Fsp3) is 0.909. The zero-order valence-corrected chi connectivity index (χ0v) is 9.48. The molecule has 1 rings (SSSR count). The van der Waals surface area contributed by atoms with E-state index in [1.165, 1.54) is 0 Å². The number of β-amino-alcohol motifs (C(OH)–C–C–N with tert-alkyl or cyclic N) is 1. The molecule has 0 aliphatic carbocycles. The predicted molar refractivity (Wildman–Crippen MR) is 59.3 cm³/mol. The average Bonchev–Trinajstić information content (AvgIpc) is 2.24. The first-order valence-electron chi connectivity index (χ1n) is 5.82. The number of hydrogen-bond acceptors (Lipinski definition) is 3. The molecule has 0 spiro atoms. The van der Waals surface area contributed by atoms with E-state index < -0.39 is 0 Å². The molecule has 4 heteroatoms. The molecule has 1 fully saturated rings. The second-order valence-corrected chi connectivity index (χ2v) is 4.41. The summed E-state index contributed by atoms with van der Waals surface area (Å²) in [5.41, 5.74) is 5.41. The van der Waals surface area contributed by atoms with Gasteiger partial charge in [-0.25, -0.2) is 0 Å². The molecule has 0 radical (unpaired) electrons. The average molecular weight is 214 g/mol. The smallest absolute Gasteiger partial charge is 0.225 e. The van der Waals surface area contributed by atoms with Crippen molar-refractivity contribution in [1.29, 1.82) is 0 Å². The van der Waals surface area contributed by atoms with Gasteiger partial charge in [-0.15, -0.1) is 0 Å². The first-order chi connectivity index (χ1) is 7.15. The lowest BCUT2D eigenvalue weighted by atomic mass is 10.0. The van der Waals surface area contributed by atoms with Crippen LogP contribution in [0.15, 0.2) is 0 Å². The highest BCUT2D eigenvalue weighted by Crippen LogP contribution is 2.15.